The van der Waals surface area contributed by atoms with Crippen LogP contribution in [0.3, 0.4) is 0 Å². The van der Waals surface area contributed by atoms with Crippen LogP contribution < -0.4 is 10.5 Å². The average Bonchev–Trinajstić information content (AvgIpc) is 2.75. The van der Waals surface area contributed by atoms with Crippen LogP contribution >= 0.6 is 0 Å². The SMILES string of the molecule is COc1cccc(C(O)C2CCCN2C)c1N. The van der Waals surface area contributed by atoms with Crippen molar-refractivity contribution in [1.29, 1.82) is 0 Å². The van der Waals surface area contributed by atoms with Gasteiger partial charge in [-0.25, -0.2) is 0 Å². The zero-order chi connectivity index (χ0) is 12.4. The van der Waals surface area contributed by atoms with Crippen molar-refractivity contribution in [3.05, 3.63) is 23.8 Å². The Morgan fingerprint density at radius 3 is 2.88 bits per heavy atom. The van der Waals surface area contributed by atoms with E-state index in [0.29, 0.717) is 11.4 Å². The summed E-state index contributed by atoms with van der Waals surface area (Å²) in [5.41, 5.74) is 7.32. The molecule has 1 aromatic rings. The van der Waals surface area contributed by atoms with Gasteiger partial charge in [0.25, 0.3) is 0 Å². The average molecular weight is 236 g/mol. The fourth-order valence-electron chi connectivity index (χ4n) is 2.54. The molecule has 1 aromatic carbocycles. The molecule has 2 unspecified atom stereocenters. The fraction of sp³-hybridized carbons (Fsp3) is 0.538. The van der Waals surface area contributed by atoms with Crippen LogP contribution in [0.1, 0.15) is 24.5 Å². The minimum Gasteiger partial charge on any atom is -0.495 e. The van der Waals surface area contributed by atoms with E-state index in [4.69, 9.17) is 10.5 Å². The van der Waals surface area contributed by atoms with Crippen molar-refractivity contribution >= 4 is 5.69 Å². The Labute approximate surface area is 102 Å². The summed E-state index contributed by atoms with van der Waals surface area (Å²) in [4.78, 5) is 2.18. The fourth-order valence-corrected chi connectivity index (χ4v) is 2.54. The Bertz CT molecular complexity index is 395. The largest absolute Gasteiger partial charge is 0.495 e. The lowest BCUT2D eigenvalue weighted by Crippen LogP contribution is -2.31. The molecule has 2 atom stereocenters. The van der Waals surface area contributed by atoms with Gasteiger partial charge < -0.3 is 20.5 Å². The number of nitrogens with zero attached hydrogens (tertiary/aromatic N) is 1. The van der Waals surface area contributed by atoms with E-state index in [-0.39, 0.29) is 6.04 Å². The predicted octanol–water partition coefficient (Wildman–Crippen LogP) is 1.40. The number of benzene rings is 1. The molecule has 0 aliphatic carbocycles. The Morgan fingerprint density at radius 1 is 1.53 bits per heavy atom. The maximum absolute atomic E-state index is 10.4. The first kappa shape index (κ1) is 12.2. The maximum Gasteiger partial charge on any atom is 0.142 e. The molecule has 4 nitrogen and oxygen atoms in total. The van der Waals surface area contributed by atoms with Gasteiger partial charge in [-0.2, -0.15) is 0 Å². The molecular weight excluding hydrogens is 216 g/mol. The smallest absolute Gasteiger partial charge is 0.142 e. The van der Waals surface area contributed by atoms with E-state index in [9.17, 15) is 5.11 Å². The first-order valence-electron chi connectivity index (χ1n) is 5.96. The van der Waals surface area contributed by atoms with Crippen molar-refractivity contribution in [1.82, 2.24) is 4.90 Å². The van der Waals surface area contributed by atoms with Crippen molar-refractivity contribution in [2.75, 3.05) is 26.4 Å². The summed E-state index contributed by atoms with van der Waals surface area (Å²) in [5, 5.41) is 10.4. The molecule has 4 heteroatoms. The number of nitrogens with two attached hydrogens (primary N) is 1. The van der Waals surface area contributed by atoms with Crippen molar-refractivity contribution < 1.29 is 9.84 Å². The number of hydrogen-bond donors (Lipinski definition) is 2. The van der Waals surface area contributed by atoms with Crippen LogP contribution in [0.25, 0.3) is 0 Å². The maximum atomic E-state index is 10.4. The van der Waals surface area contributed by atoms with Crippen molar-refractivity contribution in [3.8, 4) is 5.75 Å². The highest BCUT2D eigenvalue weighted by molar-refractivity contribution is 5.59. The lowest BCUT2D eigenvalue weighted by atomic mass is 9.98. The molecule has 0 aromatic heterocycles. The Kier molecular flexibility index (Phi) is 3.54. The van der Waals surface area contributed by atoms with Gasteiger partial charge in [-0.1, -0.05) is 12.1 Å². The zero-order valence-corrected chi connectivity index (χ0v) is 10.4. The number of anilines is 1. The van der Waals surface area contributed by atoms with Gasteiger partial charge in [0.15, 0.2) is 0 Å². The van der Waals surface area contributed by atoms with Gasteiger partial charge in [0.1, 0.15) is 5.75 Å². The molecule has 3 N–H and O–H groups in total. The minimum absolute atomic E-state index is 0.157. The third-order valence-electron chi connectivity index (χ3n) is 3.58. The number of hydrogen-bond acceptors (Lipinski definition) is 4. The first-order chi connectivity index (χ1) is 8.15. The molecule has 2 rings (SSSR count). The van der Waals surface area contributed by atoms with Gasteiger partial charge in [0, 0.05) is 11.6 Å². The summed E-state index contributed by atoms with van der Waals surface area (Å²) in [7, 11) is 3.63. The van der Waals surface area contributed by atoms with E-state index in [0.717, 1.165) is 24.9 Å². The van der Waals surface area contributed by atoms with Crippen molar-refractivity contribution in [2.45, 2.75) is 25.0 Å². The van der Waals surface area contributed by atoms with Crippen LogP contribution in [0, 0.1) is 0 Å². The van der Waals surface area contributed by atoms with E-state index in [2.05, 4.69) is 4.90 Å². The lowest BCUT2D eigenvalue weighted by molar-refractivity contribution is 0.0861. The molecule has 1 heterocycles. The monoisotopic (exact) mass is 236 g/mol. The number of nitrogen functional groups attached to an aromatic ring is 1. The summed E-state index contributed by atoms with van der Waals surface area (Å²) in [5.74, 6) is 0.627. The third-order valence-corrected chi connectivity index (χ3v) is 3.58. The van der Waals surface area contributed by atoms with E-state index < -0.39 is 6.10 Å². The van der Waals surface area contributed by atoms with E-state index >= 15 is 0 Å². The number of ether oxygens (including phenoxy) is 1. The molecule has 1 aliphatic heterocycles. The highest BCUT2D eigenvalue weighted by Gasteiger charge is 2.30. The van der Waals surface area contributed by atoms with Crippen molar-refractivity contribution in [2.24, 2.45) is 0 Å². The third kappa shape index (κ3) is 2.23. The second-order valence-corrected chi connectivity index (χ2v) is 4.60. The van der Waals surface area contributed by atoms with Crippen LogP contribution in [-0.4, -0.2) is 36.8 Å². The predicted molar refractivity (Wildman–Crippen MR) is 68.0 cm³/mol. The molecule has 1 aliphatic rings. The zero-order valence-electron chi connectivity index (χ0n) is 10.4. The molecule has 1 fully saturated rings. The number of para-hydroxylation sites is 1. The van der Waals surface area contributed by atoms with Crippen LogP contribution in [0.5, 0.6) is 5.75 Å². The first-order valence-corrected chi connectivity index (χ1v) is 5.96. The Hall–Kier alpha value is -1.26. The van der Waals surface area contributed by atoms with E-state index in [1.807, 2.05) is 25.2 Å². The number of aliphatic hydroxyl groups is 1. The van der Waals surface area contributed by atoms with Crippen molar-refractivity contribution in [3.63, 3.8) is 0 Å². The summed E-state index contributed by atoms with van der Waals surface area (Å²) < 4.78 is 5.18. The molecule has 0 bridgehead atoms. The quantitative estimate of drug-likeness (QED) is 0.779. The molecule has 0 spiro atoms. The summed E-state index contributed by atoms with van der Waals surface area (Å²) >= 11 is 0. The molecule has 0 amide bonds. The van der Waals surface area contributed by atoms with Crippen LogP contribution in [0.2, 0.25) is 0 Å². The van der Waals surface area contributed by atoms with E-state index in [1.54, 1.807) is 7.11 Å². The second-order valence-electron chi connectivity index (χ2n) is 4.60. The van der Waals surface area contributed by atoms with Gasteiger partial charge in [-0.15, -0.1) is 0 Å². The normalized spacial score (nSPS) is 22.6. The van der Waals surface area contributed by atoms with Gasteiger partial charge in [0.05, 0.1) is 18.9 Å². The van der Waals surface area contributed by atoms with Crippen LogP contribution in [0.15, 0.2) is 18.2 Å². The Balaban J connectivity index is 2.27. The lowest BCUT2D eigenvalue weighted by Gasteiger charge is -2.26. The van der Waals surface area contributed by atoms with Crippen LogP contribution in [0.4, 0.5) is 5.69 Å². The number of likely N-dealkylation sites (tertiary alicyclic amines) is 1. The number of aliphatic hydroxyl groups excluding tert-OH is 1. The molecule has 1 saturated heterocycles. The summed E-state index contributed by atoms with van der Waals surface area (Å²) in [6, 6.07) is 5.70. The Morgan fingerprint density at radius 2 is 2.29 bits per heavy atom. The second kappa shape index (κ2) is 4.94. The van der Waals surface area contributed by atoms with Crippen LogP contribution in [-0.2, 0) is 0 Å². The van der Waals surface area contributed by atoms with Gasteiger partial charge in [0.2, 0.25) is 0 Å². The van der Waals surface area contributed by atoms with Gasteiger partial charge >= 0.3 is 0 Å². The molecular formula is C13H20N2O2. The molecule has 94 valence electrons. The van der Waals surface area contributed by atoms with Gasteiger partial charge in [-0.3, -0.25) is 0 Å². The molecule has 17 heavy (non-hydrogen) atoms. The standard InChI is InChI=1S/C13H20N2O2/c1-15-8-4-6-10(15)13(16)9-5-3-7-11(17-2)12(9)14/h3,5,7,10,13,16H,4,6,8,14H2,1-2H3. The number of rotatable bonds is 3. The minimum atomic E-state index is -0.544. The summed E-state index contributed by atoms with van der Waals surface area (Å²) in [6.45, 7) is 1.03. The molecule has 0 radical (unpaired) electrons. The number of methoxy groups -OCH3 is 1. The van der Waals surface area contributed by atoms with E-state index in [1.165, 1.54) is 0 Å². The van der Waals surface area contributed by atoms with Gasteiger partial charge in [-0.05, 0) is 32.5 Å². The topological polar surface area (TPSA) is 58.7 Å². The highest BCUT2D eigenvalue weighted by Crippen LogP contribution is 2.34. The molecule has 0 saturated carbocycles. The number of likely N-dealkylation sites (N-methyl/N-ethyl adjacent to an activating group) is 1. The summed E-state index contributed by atoms with van der Waals surface area (Å²) in [6.07, 6.45) is 1.59. The highest BCUT2D eigenvalue weighted by atomic mass is 16.5.